The first-order valence-corrected chi connectivity index (χ1v) is 6.73. The van der Waals surface area contributed by atoms with Crippen molar-refractivity contribution in [2.75, 3.05) is 10.1 Å². The maximum atomic E-state index is 11.8. The fourth-order valence-electron chi connectivity index (χ4n) is 1.69. The van der Waals surface area contributed by atoms with E-state index in [0.717, 1.165) is 4.31 Å². The largest absolute Gasteiger partial charge is 0.273 e. The van der Waals surface area contributed by atoms with Gasteiger partial charge in [-0.2, -0.15) is 0 Å². The number of halogens is 1. The molecule has 2 rings (SSSR count). The lowest BCUT2D eigenvalue weighted by molar-refractivity contribution is -0.119. The Balaban J connectivity index is 2.52. The summed E-state index contributed by atoms with van der Waals surface area (Å²) in [6.07, 6.45) is 0. The van der Waals surface area contributed by atoms with Crippen LogP contribution >= 0.6 is 11.6 Å². The van der Waals surface area contributed by atoms with Crippen LogP contribution in [0.5, 0.6) is 0 Å². The first-order chi connectivity index (χ1) is 7.42. The number of rotatable bonds is 1. The average Bonchev–Trinajstić information content (AvgIpc) is 2.35. The summed E-state index contributed by atoms with van der Waals surface area (Å²) in [6.45, 7) is 1.60. The van der Waals surface area contributed by atoms with Crippen LogP contribution in [0.1, 0.15) is 6.92 Å². The molecule has 1 amide bonds. The van der Waals surface area contributed by atoms with E-state index >= 15 is 0 Å². The summed E-state index contributed by atoms with van der Waals surface area (Å²) in [5.74, 6) is -1.04. The maximum Gasteiger partial charge on any atom is 0.244 e. The van der Waals surface area contributed by atoms with Gasteiger partial charge < -0.3 is 0 Å². The minimum absolute atomic E-state index is 0.141. The van der Waals surface area contributed by atoms with E-state index in [0.29, 0.717) is 10.7 Å². The minimum atomic E-state index is -3.53. The fraction of sp³-hybridized carbons (Fsp3) is 0.300. The van der Waals surface area contributed by atoms with E-state index in [1.54, 1.807) is 25.1 Å². The van der Waals surface area contributed by atoms with Crippen LogP contribution in [0.2, 0.25) is 5.02 Å². The molecule has 1 aromatic rings. The number of anilines is 1. The lowest BCUT2D eigenvalue weighted by atomic mass is 10.2. The molecule has 1 unspecified atom stereocenters. The molecular formula is C10H10ClNO3S. The summed E-state index contributed by atoms with van der Waals surface area (Å²) in [4.78, 5) is 11.7. The van der Waals surface area contributed by atoms with Crippen LogP contribution in [0.15, 0.2) is 24.3 Å². The predicted octanol–water partition coefficient (Wildman–Crippen LogP) is 1.65. The molecule has 0 aromatic heterocycles. The van der Waals surface area contributed by atoms with Gasteiger partial charge in [0.2, 0.25) is 15.9 Å². The van der Waals surface area contributed by atoms with Crippen molar-refractivity contribution in [3.8, 4) is 0 Å². The predicted molar refractivity (Wildman–Crippen MR) is 61.9 cm³/mol. The number of hydrogen-bond acceptors (Lipinski definition) is 3. The standard InChI is InChI=1S/C10H10ClNO3S/c1-7-6-16(14,15)12(10(7)13)9-4-2-3-8(11)5-9/h2-5,7H,6H2,1H3. The van der Waals surface area contributed by atoms with Crippen LogP contribution in [-0.2, 0) is 14.8 Å². The highest BCUT2D eigenvalue weighted by atomic mass is 35.5. The van der Waals surface area contributed by atoms with Gasteiger partial charge in [-0.05, 0) is 18.2 Å². The molecular weight excluding hydrogens is 250 g/mol. The van der Waals surface area contributed by atoms with Crippen molar-refractivity contribution in [1.82, 2.24) is 0 Å². The summed E-state index contributed by atoms with van der Waals surface area (Å²) in [5, 5.41) is 0.403. The van der Waals surface area contributed by atoms with Gasteiger partial charge in [0.05, 0.1) is 17.4 Å². The monoisotopic (exact) mass is 259 g/mol. The SMILES string of the molecule is CC1CS(=O)(=O)N(c2cccc(Cl)c2)C1=O. The van der Waals surface area contributed by atoms with Crippen molar-refractivity contribution < 1.29 is 13.2 Å². The second-order valence-corrected chi connectivity index (χ2v) is 6.06. The first-order valence-electron chi connectivity index (χ1n) is 4.74. The number of nitrogens with zero attached hydrogens (tertiary/aromatic N) is 1. The second kappa shape index (κ2) is 3.75. The molecule has 1 aliphatic rings. The molecule has 1 fully saturated rings. The van der Waals surface area contributed by atoms with Gasteiger partial charge in [-0.15, -0.1) is 0 Å². The van der Waals surface area contributed by atoms with E-state index < -0.39 is 21.8 Å². The van der Waals surface area contributed by atoms with E-state index in [-0.39, 0.29) is 5.75 Å². The number of hydrogen-bond donors (Lipinski definition) is 0. The van der Waals surface area contributed by atoms with Gasteiger partial charge in [0.1, 0.15) is 0 Å². The zero-order chi connectivity index (χ0) is 11.9. The lowest BCUT2D eigenvalue weighted by Gasteiger charge is -2.15. The summed E-state index contributed by atoms with van der Waals surface area (Å²) in [5.41, 5.74) is 0.307. The molecule has 0 aliphatic carbocycles. The van der Waals surface area contributed by atoms with Crippen molar-refractivity contribution in [2.24, 2.45) is 5.92 Å². The van der Waals surface area contributed by atoms with Crippen LogP contribution in [0.25, 0.3) is 0 Å². The third-order valence-electron chi connectivity index (χ3n) is 2.40. The smallest absolute Gasteiger partial charge is 0.244 e. The Morgan fingerprint density at radius 1 is 1.44 bits per heavy atom. The molecule has 1 heterocycles. The topological polar surface area (TPSA) is 54.5 Å². The van der Waals surface area contributed by atoms with Gasteiger partial charge in [-0.25, -0.2) is 12.7 Å². The highest BCUT2D eigenvalue weighted by Gasteiger charge is 2.41. The summed E-state index contributed by atoms with van der Waals surface area (Å²) in [7, 11) is -3.53. The zero-order valence-electron chi connectivity index (χ0n) is 8.55. The molecule has 1 saturated heterocycles. The second-order valence-electron chi connectivity index (χ2n) is 3.76. The van der Waals surface area contributed by atoms with Crippen molar-refractivity contribution >= 4 is 33.2 Å². The van der Waals surface area contributed by atoms with Crippen LogP contribution in [-0.4, -0.2) is 20.1 Å². The molecule has 6 heteroatoms. The lowest BCUT2D eigenvalue weighted by Crippen LogP contribution is -2.30. The highest BCUT2D eigenvalue weighted by molar-refractivity contribution is 7.94. The van der Waals surface area contributed by atoms with Gasteiger partial charge in [0, 0.05) is 5.02 Å². The summed E-state index contributed by atoms with van der Waals surface area (Å²) in [6, 6.07) is 6.26. The Morgan fingerprint density at radius 2 is 2.12 bits per heavy atom. The van der Waals surface area contributed by atoms with E-state index in [2.05, 4.69) is 0 Å². The number of sulfonamides is 1. The van der Waals surface area contributed by atoms with E-state index in [1.807, 2.05) is 0 Å². The van der Waals surface area contributed by atoms with Crippen LogP contribution < -0.4 is 4.31 Å². The minimum Gasteiger partial charge on any atom is -0.273 e. The molecule has 4 nitrogen and oxygen atoms in total. The Labute approximate surface area is 98.9 Å². The number of amides is 1. The third kappa shape index (κ3) is 1.81. The fourth-order valence-corrected chi connectivity index (χ4v) is 3.69. The Hall–Kier alpha value is -1.07. The molecule has 86 valence electrons. The molecule has 16 heavy (non-hydrogen) atoms. The first kappa shape index (κ1) is 11.4. The molecule has 1 aliphatic heterocycles. The Kier molecular flexibility index (Phi) is 2.67. The molecule has 0 radical (unpaired) electrons. The summed E-state index contributed by atoms with van der Waals surface area (Å²) < 4.78 is 24.3. The van der Waals surface area contributed by atoms with E-state index in [1.165, 1.54) is 6.07 Å². The van der Waals surface area contributed by atoms with Crippen molar-refractivity contribution in [3.05, 3.63) is 29.3 Å². The zero-order valence-corrected chi connectivity index (χ0v) is 10.1. The number of benzene rings is 1. The highest BCUT2D eigenvalue weighted by Crippen LogP contribution is 2.29. The van der Waals surface area contributed by atoms with Gasteiger partial charge in [0.15, 0.2) is 0 Å². The summed E-state index contributed by atoms with van der Waals surface area (Å²) >= 11 is 5.77. The van der Waals surface area contributed by atoms with Crippen molar-refractivity contribution in [3.63, 3.8) is 0 Å². The van der Waals surface area contributed by atoms with Crippen LogP contribution in [0, 0.1) is 5.92 Å². The number of carbonyl (C=O) groups is 1. The van der Waals surface area contributed by atoms with Gasteiger partial charge in [-0.1, -0.05) is 24.6 Å². The molecule has 0 saturated carbocycles. The molecule has 1 aromatic carbocycles. The average molecular weight is 260 g/mol. The van der Waals surface area contributed by atoms with E-state index in [4.69, 9.17) is 11.6 Å². The third-order valence-corrected chi connectivity index (χ3v) is 4.51. The molecule has 1 atom stereocenters. The van der Waals surface area contributed by atoms with Crippen molar-refractivity contribution in [1.29, 1.82) is 0 Å². The van der Waals surface area contributed by atoms with Crippen LogP contribution in [0.3, 0.4) is 0 Å². The van der Waals surface area contributed by atoms with Gasteiger partial charge in [-0.3, -0.25) is 4.79 Å². The molecule has 0 spiro atoms. The molecule has 0 N–H and O–H groups in total. The Morgan fingerprint density at radius 3 is 2.62 bits per heavy atom. The van der Waals surface area contributed by atoms with Crippen molar-refractivity contribution in [2.45, 2.75) is 6.92 Å². The van der Waals surface area contributed by atoms with Gasteiger partial charge >= 0.3 is 0 Å². The maximum absolute atomic E-state index is 11.8. The van der Waals surface area contributed by atoms with Gasteiger partial charge in [0.25, 0.3) is 0 Å². The van der Waals surface area contributed by atoms with Crippen LogP contribution in [0.4, 0.5) is 5.69 Å². The normalized spacial score (nSPS) is 23.8. The Bertz CT molecular complexity index is 541. The van der Waals surface area contributed by atoms with E-state index in [9.17, 15) is 13.2 Å². The quantitative estimate of drug-likeness (QED) is 0.771. The molecule has 0 bridgehead atoms. The number of carbonyl (C=O) groups excluding carboxylic acids is 1.